The van der Waals surface area contributed by atoms with Crippen LogP contribution in [-0.4, -0.2) is 18.6 Å². The van der Waals surface area contributed by atoms with E-state index in [1.807, 2.05) is 0 Å². The summed E-state index contributed by atoms with van der Waals surface area (Å²) in [6, 6.07) is 19.5. The van der Waals surface area contributed by atoms with Crippen molar-refractivity contribution >= 4 is 5.69 Å². The third kappa shape index (κ3) is 2.56. The van der Waals surface area contributed by atoms with Gasteiger partial charge in [0.25, 0.3) is 0 Å². The first kappa shape index (κ1) is 14.2. The average Bonchev–Trinajstić information content (AvgIpc) is 2.98. The highest BCUT2D eigenvalue weighted by atomic mass is 15.2. The third-order valence-electron chi connectivity index (χ3n) is 4.87. The van der Waals surface area contributed by atoms with Crippen molar-refractivity contribution in [2.24, 2.45) is 5.73 Å². The molecule has 3 rings (SSSR count). The Labute approximate surface area is 127 Å². The van der Waals surface area contributed by atoms with Crippen molar-refractivity contribution in [3.05, 3.63) is 65.7 Å². The first-order valence-corrected chi connectivity index (χ1v) is 7.88. The molecule has 2 nitrogen and oxygen atoms in total. The van der Waals surface area contributed by atoms with Crippen LogP contribution in [0.4, 0.5) is 5.69 Å². The number of nitrogens with zero attached hydrogens (tertiary/aromatic N) is 1. The van der Waals surface area contributed by atoms with E-state index in [4.69, 9.17) is 5.73 Å². The van der Waals surface area contributed by atoms with Crippen molar-refractivity contribution in [1.82, 2.24) is 0 Å². The van der Waals surface area contributed by atoms with Gasteiger partial charge < -0.3 is 10.6 Å². The fraction of sp³-hybridized carbons (Fsp3) is 0.368. The zero-order chi connectivity index (χ0) is 14.7. The molecule has 0 saturated heterocycles. The standard InChI is InChI=1S/C19H24N2/c1-2-19(15-20,14-16-8-4-3-5-9-16)21-13-12-17-10-6-7-11-18(17)21/h3-11H,2,12-15,20H2,1H3. The van der Waals surface area contributed by atoms with E-state index in [2.05, 4.69) is 66.4 Å². The van der Waals surface area contributed by atoms with Gasteiger partial charge in [0.1, 0.15) is 0 Å². The predicted octanol–water partition coefficient (Wildman–Crippen LogP) is 3.40. The SMILES string of the molecule is CCC(CN)(Cc1ccccc1)N1CCc2ccccc21. The lowest BCUT2D eigenvalue weighted by Gasteiger charge is -2.43. The highest BCUT2D eigenvalue weighted by Crippen LogP contribution is 2.36. The maximum Gasteiger partial charge on any atom is 0.0561 e. The van der Waals surface area contributed by atoms with Gasteiger partial charge in [-0.2, -0.15) is 0 Å². The molecular weight excluding hydrogens is 256 g/mol. The van der Waals surface area contributed by atoms with Gasteiger partial charge in [-0.25, -0.2) is 0 Å². The Kier molecular flexibility index (Phi) is 3.98. The summed E-state index contributed by atoms with van der Waals surface area (Å²) in [4.78, 5) is 2.55. The second-order valence-corrected chi connectivity index (χ2v) is 5.97. The van der Waals surface area contributed by atoms with Crippen LogP contribution in [-0.2, 0) is 12.8 Å². The van der Waals surface area contributed by atoms with Gasteiger partial charge in [0.15, 0.2) is 0 Å². The summed E-state index contributed by atoms with van der Waals surface area (Å²) in [7, 11) is 0. The maximum absolute atomic E-state index is 6.26. The van der Waals surface area contributed by atoms with Crippen LogP contribution in [0.2, 0.25) is 0 Å². The van der Waals surface area contributed by atoms with Gasteiger partial charge in [0.2, 0.25) is 0 Å². The van der Waals surface area contributed by atoms with E-state index in [1.165, 1.54) is 16.8 Å². The second-order valence-electron chi connectivity index (χ2n) is 5.97. The summed E-state index contributed by atoms with van der Waals surface area (Å²) in [5.74, 6) is 0. The first-order chi connectivity index (χ1) is 10.3. The lowest BCUT2D eigenvalue weighted by molar-refractivity contribution is 0.384. The Morgan fingerprint density at radius 3 is 2.48 bits per heavy atom. The van der Waals surface area contributed by atoms with E-state index >= 15 is 0 Å². The fourth-order valence-electron chi connectivity index (χ4n) is 3.54. The maximum atomic E-state index is 6.26. The number of anilines is 1. The average molecular weight is 280 g/mol. The summed E-state index contributed by atoms with van der Waals surface area (Å²) in [6.45, 7) is 4.03. The second kappa shape index (κ2) is 5.90. The molecule has 21 heavy (non-hydrogen) atoms. The molecule has 1 unspecified atom stereocenters. The van der Waals surface area contributed by atoms with Gasteiger partial charge in [-0.1, -0.05) is 55.5 Å². The summed E-state index contributed by atoms with van der Waals surface area (Å²) in [5.41, 5.74) is 10.5. The smallest absolute Gasteiger partial charge is 0.0561 e. The van der Waals surface area contributed by atoms with E-state index in [0.717, 1.165) is 25.8 Å². The van der Waals surface area contributed by atoms with Crippen LogP contribution in [0.5, 0.6) is 0 Å². The van der Waals surface area contributed by atoms with Crippen molar-refractivity contribution in [1.29, 1.82) is 0 Å². The molecule has 1 aliphatic heterocycles. The molecule has 0 spiro atoms. The van der Waals surface area contributed by atoms with Crippen LogP contribution in [0, 0.1) is 0 Å². The fourth-order valence-corrected chi connectivity index (χ4v) is 3.54. The third-order valence-corrected chi connectivity index (χ3v) is 4.87. The molecule has 1 aliphatic rings. The normalized spacial score (nSPS) is 16.6. The molecule has 0 fully saturated rings. The zero-order valence-corrected chi connectivity index (χ0v) is 12.8. The number of fused-ring (bicyclic) bond motifs is 1. The van der Waals surface area contributed by atoms with Crippen molar-refractivity contribution in [3.63, 3.8) is 0 Å². The lowest BCUT2D eigenvalue weighted by atomic mass is 9.86. The first-order valence-electron chi connectivity index (χ1n) is 7.88. The van der Waals surface area contributed by atoms with Gasteiger partial charge in [-0.05, 0) is 36.5 Å². The van der Waals surface area contributed by atoms with Crippen LogP contribution in [0.3, 0.4) is 0 Å². The van der Waals surface area contributed by atoms with Crippen LogP contribution in [0.1, 0.15) is 24.5 Å². The van der Waals surface area contributed by atoms with E-state index in [0.29, 0.717) is 6.54 Å². The molecule has 0 saturated carbocycles. The monoisotopic (exact) mass is 280 g/mol. The zero-order valence-electron chi connectivity index (χ0n) is 12.8. The quantitative estimate of drug-likeness (QED) is 0.909. The number of hydrogen-bond acceptors (Lipinski definition) is 2. The molecule has 0 aromatic heterocycles. The van der Waals surface area contributed by atoms with Crippen LogP contribution in [0.15, 0.2) is 54.6 Å². The summed E-state index contributed by atoms with van der Waals surface area (Å²) in [5, 5.41) is 0. The molecule has 0 bridgehead atoms. The summed E-state index contributed by atoms with van der Waals surface area (Å²) >= 11 is 0. The number of nitrogens with two attached hydrogens (primary N) is 1. The van der Waals surface area contributed by atoms with Crippen molar-refractivity contribution in [2.75, 3.05) is 18.0 Å². The van der Waals surface area contributed by atoms with Crippen molar-refractivity contribution in [2.45, 2.75) is 31.7 Å². The van der Waals surface area contributed by atoms with E-state index in [-0.39, 0.29) is 5.54 Å². The lowest BCUT2D eigenvalue weighted by Crippen LogP contribution is -2.54. The molecule has 1 heterocycles. The largest absolute Gasteiger partial charge is 0.364 e. The number of rotatable bonds is 5. The molecule has 0 amide bonds. The van der Waals surface area contributed by atoms with E-state index < -0.39 is 0 Å². The van der Waals surface area contributed by atoms with Gasteiger partial charge in [-0.3, -0.25) is 0 Å². The predicted molar refractivity (Wildman–Crippen MR) is 89.7 cm³/mol. The molecule has 2 aromatic carbocycles. The number of para-hydroxylation sites is 1. The molecule has 2 N–H and O–H groups in total. The van der Waals surface area contributed by atoms with Crippen molar-refractivity contribution < 1.29 is 0 Å². The highest BCUT2D eigenvalue weighted by Gasteiger charge is 2.37. The van der Waals surface area contributed by atoms with Gasteiger partial charge >= 0.3 is 0 Å². The minimum atomic E-state index is 0.0218. The Morgan fingerprint density at radius 1 is 1.05 bits per heavy atom. The Hall–Kier alpha value is -1.80. The van der Waals surface area contributed by atoms with Gasteiger partial charge in [0, 0.05) is 18.8 Å². The molecule has 0 aliphatic carbocycles. The summed E-state index contributed by atoms with van der Waals surface area (Å²) < 4.78 is 0. The number of benzene rings is 2. The molecule has 1 atom stereocenters. The topological polar surface area (TPSA) is 29.3 Å². The van der Waals surface area contributed by atoms with Crippen LogP contribution >= 0.6 is 0 Å². The minimum Gasteiger partial charge on any atom is -0.364 e. The summed E-state index contributed by atoms with van der Waals surface area (Å²) in [6.07, 6.45) is 3.20. The van der Waals surface area contributed by atoms with E-state index in [9.17, 15) is 0 Å². The van der Waals surface area contributed by atoms with Crippen molar-refractivity contribution in [3.8, 4) is 0 Å². The molecule has 2 heteroatoms. The Morgan fingerprint density at radius 2 is 1.76 bits per heavy atom. The Balaban J connectivity index is 1.95. The molecular formula is C19H24N2. The molecule has 0 radical (unpaired) electrons. The van der Waals surface area contributed by atoms with Gasteiger partial charge in [0.05, 0.1) is 5.54 Å². The Bertz CT molecular complexity index is 588. The number of hydrogen-bond donors (Lipinski definition) is 1. The minimum absolute atomic E-state index is 0.0218. The molecule has 2 aromatic rings. The van der Waals surface area contributed by atoms with Gasteiger partial charge in [-0.15, -0.1) is 0 Å². The van der Waals surface area contributed by atoms with E-state index in [1.54, 1.807) is 0 Å². The molecule has 110 valence electrons. The highest BCUT2D eigenvalue weighted by molar-refractivity contribution is 5.60. The van der Waals surface area contributed by atoms with Crippen LogP contribution in [0.25, 0.3) is 0 Å². The van der Waals surface area contributed by atoms with Crippen LogP contribution < -0.4 is 10.6 Å².